The van der Waals surface area contributed by atoms with Gasteiger partial charge < -0.3 is 10.0 Å². The Morgan fingerprint density at radius 3 is 2.48 bits per heavy atom. The molecule has 0 spiro atoms. The van der Waals surface area contributed by atoms with Gasteiger partial charge in [-0.3, -0.25) is 0 Å². The molecule has 1 aromatic heterocycles. The van der Waals surface area contributed by atoms with E-state index in [1.54, 1.807) is 19.0 Å². The van der Waals surface area contributed by atoms with E-state index in [2.05, 4.69) is 4.98 Å². The van der Waals surface area contributed by atoms with Crippen LogP contribution in [0.2, 0.25) is 9.62 Å². The molecule has 1 aromatic carbocycles. The fourth-order valence-corrected chi connectivity index (χ4v) is 3.46. The molecule has 0 radical (unpaired) electrons. The van der Waals surface area contributed by atoms with Gasteiger partial charge in [-0.25, -0.2) is 13.8 Å². The Kier molecular flexibility index (Phi) is 5.16. The van der Waals surface area contributed by atoms with Crippen molar-refractivity contribution in [2.45, 2.75) is 13.2 Å². The summed E-state index contributed by atoms with van der Waals surface area (Å²) in [5.74, 6) is -1.63. The minimum Gasteiger partial charge on any atom is -0.391 e. The molecule has 3 nitrogen and oxygen atoms in total. The first-order valence-corrected chi connectivity index (χ1v) is 7.50. The molecule has 0 unspecified atom stereocenters. The second kappa shape index (κ2) is 6.54. The van der Waals surface area contributed by atoms with E-state index in [-0.39, 0.29) is 15.2 Å². The molecule has 0 aliphatic rings. The van der Waals surface area contributed by atoms with Crippen molar-refractivity contribution in [2.75, 3.05) is 14.1 Å². The number of nitrogens with zero attached hydrogens (tertiary/aromatic N) is 2. The second-order valence-corrected chi connectivity index (χ2v) is 6.61. The van der Waals surface area contributed by atoms with Gasteiger partial charge in [0, 0.05) is 17.7 Å². The summed E-state index contributed by atoms with van der Waals surface area (Å²) in [6.07, 6.45) is 0. The van der Waals surface area contributed by atoms with Crippen LogP contribution >= 0.6 is 34.5 Å². The summed E-state index contributed by atoms with van der Waals surface area (Å²) in [4.78, 5) is 5.94. The van der Waals surface area contributed by atoms with Crippen molar-refractivity contribution >= 4 is 34.5 Å². The number of aromatic nitrogens is 1. The van der Waals surface area contributed by atoms with E-state index in [0.717, 1.165) is 11.3 Å². The molecule has 2 rings (SSSR count). The molecular formula is C13H12Cl2F2N2OS. The van der Waals surface area contributed by atoms with Gasteiger partial charge in [-0.2, -0.15) is 0 Å². The number of hydrogen-bond donors (Lipinski definition) is 1. The molecule has 8 heteroatoms. The first-order valence-electron chi connectivity index (χ1n) is 5.92. The third-order valence-electron chi connectivity index (χ3n) is 2.83. The zero-order chi connectivity index (χ0) is 15.7. The van der Waals surface area contributed by atoms with E-state index >= 15 is 0 Å². The van der Waals surface area contributed by atoms with Crippen LogP contribution in [0.5, 0.6) is 0 Å². The lowest BCUT2D eigenvalue weighted by atomic mass is 10.0. The van der Waals surface area contributed by atoms with Gasteiger partial charge in [-0.1, -0.05) is 23.2 Å². The third-order valence-corrected chi connectivity index (χ3v) is 4.39. The quantitative estimate of drug-likeness (QED) is 0.904. The Hall–Kier alpha value is -0.790. The van der Waals surface area contributed by atoms with Gasteiger partial charge in [-0.05, 0) is 25.7 Å². The molecule has 1 heterocycles. The summed E-state index contributed by atoms with van der Waals surface area (Å²) in [5.41, 5.74) is 0.145. The van der Waals surface area contributed by atoms with E-state index < -0.39 is 23.8 Å². The highest BCUT2D eigenvalue weighted by Gasteiger charge is 2.23. The van der Waals surface area contributed by atoms with Crippen LogP contribution < -0.4 is 0 Å². The molecule has 0 bridgehead atoms. The van der Waals surface area contributed by atoms with Crippen molar-refractivity contribution in [2.24, 2.45) is 0 Å². The predicted octanol–water partition coefficient (Wildman–Crippen LogP) is 3.95. The topological polar surface area (TPSA) is 36.4 Å². The molecule has 0 saturated heterocycles. The number of benzene rings is 1. The summed E-state index contributed by atoms with van der Waals surface area (Å²) >= 11 is 12.8. The van der Waals surface area contributed by atoms with Gasteiger partial charge in [-0.15, -0.1) is 11.3 Å². The Bertz CT molecular complexity index is 677. The van der Waals surface area contributed by atoms with Gasteiger partial charge in [0.1, 0.15) is 16.8 Å². The standard InChI is InChI=1S/C13H12Cl2F2N2OS/c1-19(2)4-6-3-8(16)7(5-20)10(17)9(6)11-12(14)18-13(15)21-11/h3,20H,4-5H2,1-2H3. The van der Waals surface area contributed by atoms with E-state index in [1.165, 1.54) is 6.07 Å². The van der Waals surface area contributed by atoms with Gasteiger partial charge in [0.2, 0.25) is 0 Å². The Morgan fingerprint density at radius 1 is 1.33 bits per heavy atom. The first kappa shape index (κ1) is 16.6. The van der Waals surface area contributed by atoms with Gasteiger partial charge in [0.25, 0.3) is 0 Å². The summed E-state index contributed by atoms with van der Waals surface area (Å²) in [5, 5.41) is 9.21. The van der Waals surface area contributed by atoms with E-state index in [0.29, 0.717) is 17.0 Å². The van der Waals surface area contributed by atoms with Crippen molar-refractivity contribution in [3.05, 3.63) is 38.4 Å². The van der Waals surface area contributed by atoms with Crippen LogP contribution in [0.1, 0.15) is 11.1 Å². The predicted molar refractivity (Wildman–Crippen MR) is 80.8 cm³/mol. The van der Waals surface area contributed by atoms with E-state index in [1.807, 2.05) is 0 Å². The second-order valence-electron chi connectivity index (χ2n) is 4.67. The van der Waals surface area contributed by atoms with Crippen LogP contribution in [0.25, 0.3) is 10.4 Å². The van der Waals surface area contributed by atoms with Crippen molar-refractivity contribution in [1.82, 2.24) is 9.88 Å². The highest BCUT2D eigenvalue weighted by Crippen LogP contribution is 2.40. The zero-order valence-electron chi connectivity index (χ0n) is 11.3. The molecule has 0 amide bonds. The summed E-state index contributed by atoms with van der Waals surface area (Å²) in [7, 11) is 3.56. The minimum atomic E-state index is -0.837. The maximum absolute atomic E-state index is 14.6. The fraction of sp³-hybridized carbons (Fsp3) is 0.308. The maximum atomic E-state index is 14.6. The molecular weight excluding hydrogens is 341 g/mol. The number of thiazole rings is 1. The Balaban J connectivity index is 2.74. The van der Waals surface area contributed by atoms with E-state index in [9.17, 15) is 8.78 Å². The number of halogens is 4. The highest BCUT2D eigenvalue weighted by molar-refractivity contribution is 7.19. The highest BCUT2D eigenvalue weighted by atomic mass is 35.5. The van der Waals surface area contributed by atoms with Gasteiger partial charge in [0.05, 0.1) is 11.5 Å². The van der Waals surface area contributed by atoms with E-state index in [4.69, 9.17) is 28.3 Å². The molecule has 0 fully saturated rings. The lowest BCUT2D eigenvalue weighted by Gasteiger charge is -2.16. The monoisotopic (exact) mass is 352 g/mol. The van der Waals surface area contributed by atoms with Crippen molar-refractivity contribution in [1.29, 1.82) is 0 Å². The molecule has 0 aliphatic heterocycles. The minimum absolute atomic E-state index is 0.0550. The summed E-state index contributed by atoms with van der Waals surface area (Å²) in [6, 6.07) is 1.20. The SMILES string of the molecule is CN(C)Cc1cc(F)c(CO)c(F)c1-c1sc(Cl)nc1Cl. The average molecular weight is 353 g/mol. The number of rotatable bonds is 4. The third kappa shape index (κ3) is 3.35. The van der Waals surface area contributed by atoms with Crippen molar-refractivity contribution < 1.29 is 13.9 Å². The van der Waals surface area contributed by atoms with Crippen LogP contribution in [0.3, 0.4) is 0 Å². The van der Waals surface area contributed by atoms with Crippen LogP contribution in [-0.4, -0.2) is 29.1 Å². The molecule has 0 atom stereocenters. The lowest BCUT2D eigenvalue weighted by molar-refractivity contribution is 0.268. The maximum Gasteiger partial charge on any atom is 0.185 e. The molecule has 1 N–H and O–H groups in total. The van der Waals surface area contributed by atoms with Crippen LogP contribution in [0.15, 0.2) is 6.07 Å². The lowest BCUT2D eigenvalue weighted by Crippen LogP contribution is -2.13. The normalized spacial score (nSPS) is 11.4. The molecule has 0 saturated carbocycles. The molecule has 114 valence electrons. The van der Waals surface area contributed by atoms with Gasteiger partial charge >= 0.3 is 0 Å². The van der Waals surface area contributed by atoms with Crippen LogP contribution in [-0.2, 0) is 13.2 Å². The van der Waals surface area contributed by atoms with Crippen molar-refractivity contribution in [3.63, 3.8) is 0 Å². The van der Waals surface area contributed by atoms with Gasteiger partial charge in [0.15, 0.2) is 4.47 Å². The molecule has 0 aliphatic carbocycles. The smallest absolute Gasteiger partial charge is 0.185 e. The Labute approximate surface area is 134 Å². The number of hydrogen-bond acceptors (Lipinski definition) is 4. The number of aliphatic hydroxyl groups excluding tert-OH is 1. The Morgan fingerprint density at radius 2 is 2.00 bits per heavy atom. The fourth-order valence-electron chi connectivity index (χ4n) is 2.00. The zero-order valence-corrected chi connectivity index (χ0v) is 13.6. The van der Waals surface area contributed by atoms with Crippen LogP contribution in [0, 0.1) is 11.6 Å². The summed E-state index contributed by atoms with van der Waals surface area (Å²) in [6.45, 7) is -0.433. The van der Waals surface area contributed by atoms with Crippen LogP contribution in [0.4, 0.5) is 8.78 Å². The summed E-state index contributed by atoms with van der Waals surface area (Å²) < 4.78 is 28.6. The molecule has 2 aromatic rings. The van der Waals surface area contributed by atoms with Crippen molar-refractivity contribution in [3.8, 4) is 10.4 Å². The number of aliphatic hydroxyl groups is 1. The first-order chi connectivity index (χ1) is 9.85. The largest absolute Gasteiger partial charge is 0.391 e. The molecule has 21 heavy (non-hydrogen) atoms. The average Bonchev–Trinajstić information content (AvgIpc) is 2.67.